The first kappa shape index (κ1) is 18.9. The number of nitrogens with one attached hydrogen (secondary N) is 1. The number of aliphatic carboxylic acids is 1. The summed E-state index contributed by atoms with van der Waals surface area (Å²) in [6, 6.07) is 11.9. The third-order valence-electron chi connectivity index (χ3n) is 3.95. The number of halogens is 1. The summed E-state index contributed by atoms with van der Waals surface area (Å²) in [5.74, 6) is -3.52. The Morgan fingerprint density at radius 1 is 1.11 bits per heavy atom. The quantitative estimate of drug-likeness (QED) is 0.588. The van der Waals surface area contributed by atoms with Gasteiger partial charge in [-0.3, -0.25) is 14.4 Å². The lowest BCUT2D eigenvalue weighted by Crippen LogP contribution is -2.37. The summed E-state index contributed by atoms with van der Waals surface area (Å²) in [6.45, 7) is -1.04. The summed E-state index contributed by atoms with van der Waals surface area (Å²) in [5.41, 5.74) is -1.33. The van der Waals surface area contributed by atoms with Crippen LogP contribution in [0.4, 0.5) is 4.39 Å². The van der Waals surface area contributed by atoms with Gasteiger partial charge < -0.3 is 20.4 Å². The molecule has 0 atom stereocenters. The fourth-order valence-electron chi connectivity index (χ4n) is 2.62. The van der Waals surface area contributed by atoms with Gasteiger partial charge in [0.15, 0.2) is 5.56 Å². The minimum atomic E-state index is -1.32. The molecule has 3 aromatic rings. The second kappa shape index (κ2) is 7.78. The lowest BCUT2D eigenvalue weighted by molar-refractivity contribution is -0.135. The molecule has 28 heavy (non-hydrogen) atoms. The van der Waals surface area contributed by atoms with Crippen molar-refractivity contribution in [3.05, 3.63) is 75.8 Å². The Morgan fingerprint density at radius 3 is 2.50 bits per heavy atom. The van der Waals surface area contributed by atoms with Crippen molar-refractivity contribution in [1.29, 1.82) is 0 Å². The number of carbonyl (C=O) groups excluding carboxylic acids is 1. The zero-order valence-electron chi connectivity index (χ0n) is 14.4. The Bertz CT molecular complexity index is 1130. The van der Waals surface area contributed by atoms with E-state index in [0.29, 0.717) is 0 Å². The van der Waals surface area contributed by atoms with Crippen LogP contribution in [0.2, 0.25) is 0 Å². The number of carboxylic acid groups (broad SMARTS) is 1. The lowest BCUT2D eigenvalue weighted by Gasteiger charge is -2.15. The summed E-state index contributed by atoms with van der Waals surface area (Å²) in [7, 11) is 0. The zero-order valence-corrected chi connectivity index (χ0v) is 14.4. The molecular weight excluding hydrogens is 371 g/mol. The number of hydrogen-bond acceptors (Lipinski definition) is 5. The van der Waals surface area contributed by atoms with Crippen LogP contribution in [0, 0.1) is 5.82 Å². The molecule has 0 bridgehead atoms. The van der Waals surface area contributed by atoms with E-state index in [0.717, 1.165) is 4.73 Å². The van der Waals surface area contributed by atoms with Gasteiger partial charge in [-0.15, -0.1) is 4.73 Å². The fourth-order valence-corrected chi connectivity index (χ4v) is 2.62. The lowest BCUT2D eigenvalue weighted by atomic mass is 10.1. The van der Waals surface area contributed by atoms with Crippen LogP contribution >= 0.6 is 0 Å². The molecule has 8 nitrogen and oxygen atoms in total. The van der Waals surface area contributed by atoms with Gasteiger partial charge in [0, 0.05) is 10.9 Å². The van der Waals surface area contributed by atoms with Crippen molar-refractivity contribution in [1.82, 2.24) is 10.0 Å². The van der Waals surface area contributed by atoms with E-state index < -0.39 is 41.1 Å². The summed E-state index contributed by atoms with van der Waals surface area (Å²) in [4.78, 5) is 41.1. The van der Waals surface area contributed by atoms with Crippen molar-refractivity contribution in [3.63, 3.8) is 0 Å². The fraction of sp³-hybridized carbons (Fsp3) is 0.105. The van der Waals surface area contributed by atoms with Gasteiger partial charge in [0.2, 0.25) is 0 Å². The first-order valence-corrected chi connectivity index (χ1v) is 8.13. The third kappa shape index (κ3) is 3.63. The molecule has 9 heteroatoms. The third-order valence-corrected chi connectivity index (χ3v) is 3.95. The number of hydrogen-bond donors (Lipinski definition) is 3. The van der Waals surface area contributed by atoms with Crippen LogP contribution in [0.3, 0.4) is 0 Å². The van der Waals surface area contributed by atoms with E-state index >= 15 is 0 Å². The van der Waals surface area contributed by atoms with Crippen molar-refractivity contribution >= 4 is 22.8 Å². The number of carboxylic acids is 1. The van der Waals surface area contributed by atoms with Gasteiger partial charge in [-0.25, -0.2) is 4.39 Å². The van der Waals surface area contributed by atoms with Crippen LogP contribution in [-0.2, 0) is 11.4 Å². The van der Waals surface area contributed by atoms with Crippen molar-refractivity contribution in [2.75, 3.05) is 6.54 Å². The summed E-state index contributed by atoms with van der Waals surface area (Å²) in [5, 5.41) is 21.2. The van der Waals surface area contributed by atoms with Crippen LogP contribution in [0.25, 0.3) is 10.9 Å². The van der Waals surface area contributed by atoms with Gasteiger partial charge in [0.25, 0.3) is 11.5 Å². The van der Waals surface area contributed by atoms with E-state index in [4.69, 9.17) is 9.94 Å². The number of fused-ring (bicyclic) bond motifs is 1. The van der Waals surface area contributed by atoms with Crippen molar-refractivity contribution in [3.8, 4) is 5.75 Å². The number of carbonyl (C=O) groups is 2. The van der Waals surface area contributed by atoms with E-state index in [-0.39, 0.29) is 23.1 Å². The maximum absolute atomic E-state index is 13.8. The number of aromatic hydroxyl groups is 1. The van der Waals surface area contributed by atoms with Crippen molar-refractivity contribution < 1.29 is 29.0 Å². The average molecular weight is 386 g/mol. The van der Waals surface area contributed by atoms with E-state index in [1.165, 1.54) is 30.3 Å². The van der Waals surface area contributed by atoms with E-state index in [2.05, 4.69) is 0 Å². The largest absolute Gasteiger partial charge is 0.506 e. The second-order valence-corrected chi connectivity index (χ2v) is 5.78. The normalized spacial score (nSPS) is 10.6. The molecule has 0 aliphatic rings. The molecule has 0 unspecified atom stereocenters. The first-order valence-electron chi connectivity index (χ1n) is 8.13. The smallest absolute Gasteiger partial charge is 0.322 e. The van der Waals surface area contributed by atoms with E-state index in [1.807, 2.05) is 5.32 Å². The van der Waals surface area contributed by atoms with Crippen molar-refractivity contribution in [2.24, 2.45) is 0 Å². The number of pyridine rings is 1. The van der Waals surface area contributed by atoms with Crippen LogP contribution in [0.5, 0.6) is 5.75 Å². The SMILES string of the molecule is O=C(O)CNC(=O)c1c(O)c2ccccc2n(OCc2ccccc2F)c1=O. The van der Waals surface area contributed by atoms with Gasteiger partial charge in [-0.1, -0.05) is 30.3 Å². The summed E-state index contributed by atoms with van der Waals surface area (Å²) in [6.07, 6.45) is 0. The van der Waals surface area contributed by atoms with Gasteiger partial charge in [-0.2, -0.15) is 0 Å². The summed E-state index contributed by atoms with van der Waals surface area (Å²) < 4.78 is 14.6. The molecular formula is C19H15FN2O6. The average Bonchev–Trinajstić information content (AvgIpc) is 2.67. The molecule has 2 aromatic carbocycles. The molecule has 0 saturated carbocycles. The highest BCUT2D eigenvalue weighted by molar-refractivity contribution is 6.02. The number of nitrogens with zero attached hydrogens (tertiary/aromatic N) is 1. The standard InChI is InChI=1S/C19H15FN2O6/c20-13-7-3-1-5-11(13)10-28-22-14-8-4-2-6-12(14)17(25)16(19(22)27)18(26)21-9-15(23)24/h1-8,25H,9-10H2,(H,21,26)(H,23,24). The van der Waals surface area contributed by atoms with Gasteiger partial charge in [-0.05, 0) is 18.2 Å². The zero-order chi connectivity index (χ0) is 20.3. The predicted octanol–water partition coefficient (Wildman–Crippen LogP) is 1.29. The van der Waals surface area contributed by atoms with Crippen LogP contribution < -0.4 is 15.7 Å². The molecule has 0 fully saturated rings. The Kier molecular flexibility index (Phi) is 5.25. The number of para-hydroxylation sites is 1. The predicted molar refractivity (Wildman–Crippen MR) is 96.5 cm³/mol. The van der Waals surface area contributed by atoms with Gasteiger partial charge >= 0.3 is 5.97 Å². The molecule has 144 valence electrons. The number of benzene rings is 2. The second-order valence-electron chi connectivity index (χ2n) is 5.78. The topological polar surface area (TPSA) is 118 Å². The molecule has 3 rings (SSSR count). The minimum absolute atomic E-state index is 0.135. The molecule has 1 aromatic heterocycles. The highest BCUT2D eigenvalue weighted by Crippen LogP contribution is 2.25. The number of rotatable bonds is 6. The maximum atomic E-state index is 13.8. The van der Waals surface area contributed by atoms with E-state index in [1.54, 1.807) is 18.2 Å². The Balaban J connectivity index is 2.08. The minimum Gasteiger partial charge on any atom is -0.506 e. The molecule has 0 saturated heterocycles. The maximum Gasteiger partial charge on any atom is 0.322 e. The molecule has 1 heterocycles. The molecule has 0 spiro atoms. The molecule has 1 amide bonds. The Labute approximate surface area is 157 Å². The summed E-state index contributed by atoms with van der Waals surface area (Å²) >= 11 is 0. The first-order chi connectivity index (χ1) is 13.4. The van der Waals surface area contributed by atoms with Crippen molar-refractivity contribution in [2.45, 2.75) is 6.61 Å². The van der Waals surface area contributed by atoms with Crippen LogP contribution in [0.1, 0.15) is 15.9 Å². The molecule has 0 aliphatic carbocycles. The molecule has 0 radical (unpaired) electrons. The van der Waals surface area contributed by atoms with E-state index in [9.17, 15) is 23.9 Å². The number of amides is 1. The van der Waals surface area contributed by atoms with Crippen LogP contribution in [-0.4, -0.2) is 33.4 Å². The molecule has 3 N–H and O–H groups in total. The highest BCUT2D eigenvalue weighted by atomic mass is 19.1. The van der Waals surface area contributed by atoms with Gasteiger partial charge in [0.1, 0.15) is 24.7 Å². The Morgan fingerprint density at radius 2 is 1.79 bits per heavy atom. The Hall–Kier alpha value is -3.88. The highest BCUT2D eigenvalue weighted by Gasteiger charge is 2.23. The van der Waals surface area contributed by atoms with Crippen LogP contribution in [0.15, 0.2) is 53.3 Å². The molecule has 0 aliphatic heterocycles. The monoisotopic (exact) mass is 386 g/mol. The van der Waals surface area contributed by atoms with Gasteiger partial charge in [0.05, 0.1) is 5.52 Å². The number of aromatic nitrogens is 1.